The number of aryl methyl sites for hydroxylation is 1. The van der Waals surface area contributed by atoms with Gasteiger partial charge in [-0.2, -0.15) is 5.26 Å². The minimum Gasteiger partial charge on any atom is -0.477 e. The summed E-state index contributed by atoms with van der Waals surface area (Å²) in [6.07, 6.45) is 5.52. The molecule has 166 valence electrons. The lowest BCUT2D eigenvalue weighted by atomic mass is 10.1. The van der Waals surface area contributed by atoms with E-state index < -0.39 is 6.10 Å². The lowest BCUT2D eigenvalue weighted by Gasteiger charge is -2.38. The highest BCUT2D eigenvalue weighted by Gasteiger charge is 2.34. The number of anilines is 2. The van der Waals surface area contributed by atoms with Gasteiger partial charge in [0, 0.05) is 18.0 Å². The Morgan fingerprint density at radius 2 is 1.97 bits per heavy atom. The molecule has 1 atom stereocenters. The summed E-state index contributed by atoms with van der Waals surface area (Å²) >= 11 is 1.51. The molecule has 0 bridgehead atoms. The number of piperidine rings is 1. The number of nitrogens with zero attached hydrogens (tertiary/aromatic N) is 3. The number of carbonyl (C=O) groups excluding carboxylic acids is 2. The van der Waals surface area contributed by atoms with Crippen LogP contribution in [0.3, 0.4) is 0 Å². The van der Waals surface area contributed by atoms with Crippen LogP contribution in [0.15, 0.2) is 24.3 Å². The standard InChI is InChI=1S/C24H26N4O3S/c25-13-17-16-7-6-10-21(16)32-23(17)26-22(29)15-28-14-20(24(30)27-11-4-1-5-12-27)31-19-9-3-2-8-18(19)28/h2-3,8-9,20H,1,4-7,10-12,14-15H2,(H,26,29)/t20-/m1/s1. The number of fused-ring (bicyclic) bond motifs is 2. The zero-order valence-electron chi connectivity index (χ0n) is 17.9. The van der Waals surface area contributed by atoms with Gasteiger partial charge in [-0.15, -0.1) is 11.3 Å². The first-order valence-electron chi connectivity index (χ1n) is 11.3. The predicted molar refractivity (Wildman–Crippen MR) is 123 cm³/mol. The van der Waals surface area contributed by atoms with Crippen LogP contribution in [-0.4, -0.2) is 49.0 Å². The molecule has 1 aromatic heterocycles. The number of likely N-dealkylation sites (tertiary alicyclic amines) is 1. The second-order valence-electron chi connectivity index (χ2n) is 8.56. The molecule has 2 amide bonds. The SMILES string of the molecule is N#Cc1c(NC(=O)CN2C[C@H](C(=O)N3CCCCC3)Oc3ccccc32)sc2c1CCC2. The first-order valence-corrected chi connectivity index (χ1v) is 12.1. The third kappa shape index (κ3) is 3.93. The van der Waals surface area contributed by atoms with Crippen molar-refractivity contribution >= 4 is 33.8 Å². The molecule has 3 heterocycles. The number of para-hydroxylation sites is 2. The van der Waals surface area contributed by atoms with E-state index in [1.807, 2.05) is 34.1 Å². The number of benzene rings is 1. The fourth-order valence-electron chi connectivity index (χ4n) is 4.85. The Kier molecular flexibility index (Phi) is 5.75. The van der Waals surface area contributed by atoms with E-state index in [2.05, 4.69) is 11.4 Å². The molecule has 5 rings (SSSR count). The van der Waals surface area contributed by atoms with Crippen molar-refractivity contribution in [3.05, 3.63) is 40.3 Å². The minimum absolute atomic E-state index is 0.00828. The average molecular weight is 451 g/mol. The van der Waals surface area contributed by atoms with Crippen molar-refractivity contribution in [1.29, 1.82) is 5.26 Å². The number of ether oxygens (including phenoxy) is 1. The lowest BCUT2D eigenvalue weighted by molar-refractivity contribution is -0.139. The van der Waals surface area contributed by atoms with Gasteiger partial charge in [-0.25, -0.2) is 0 Å². The second-order valence-corrected chi connectivity index (χ2v) is 9.67. The maximum Gasteiger partial charge on any atom is 0.265 e. The van der Waals surface area contributed by atoms with Crippen molar-refractivity contribution in [2.75, 3.05) is 36.4 Å². The fourth-order valence-corrected chi connectivity index (χ4v) is 6.11. The van der Waals surface area contributed by atoms with Crippen LogP contribution >= 0.6 is 11.3 Å². The van der Waals surface area contributed by atoms with Gasteiger partial charge in [0.05, 0.1) is 24.3 Å². The highest BCUT2D eigenvalue weighted by molar-refractivity contribution is 7.16. The van der Waals surface area contributed by atoms with Crippen LogP contribution in [0.5, 0.6) is 5.75 Å². The van der Waals surface area contributed by atoms with Crippen molar-refractivity contribution in [3.63, 3.8) is 0 Å². The smallest absolute Gasteiger partial charge is 0.265 e. The minimum atomic E-state index is -0.629. The van der Waals surface area contributed by atoms with Gasteiger partial charge >= 0.3 is 0 Å². The summed E-state index contributed by atoms with van der Waals surface area (Å²) in [6.45, 7) is 1.95. The van der Waals surface area contributed by atoms with E-state index in [0.29, 0.717) is 22.9 Å². The number of hydrogen-bond donors (Lipinski definition) is 1. The molecule has 1 N–H and O–H groups in total. The Hall–Kier alpha value is -3.05. The van der Waals surface area contributed by atoms with E-state index in [1.165, 1.54) is 16.2 Å². The van der Waals surface area contributed by atoms with Crippen molar-refractivity contribution in [2.45, 2.75) is 44.6 Å². The van der Waals surface area contributed by atoms with Gasteiger partial charge in [-0.05, 0) is 56.2 Å². The van der Waals surface area contributed by atoms with Crippen LogP contribution in [0.1, 0.15) is 41.7 Å². The van der Waals surface area contributed by atoms with Crippen molar-refractivity contribution in [1.82, 2.24) is 4.90 Å². The summed E-state index contributed by atoms with van der Waals surface area (Å²) in [4.78, 5) is 31.1. The number of nitriles is 1. The van der Waals surface area contributed by atoms with Crippen molar-refractivity contribution in [3.8, 4) is 11.8 Å². The molecular formula is C24H26N4O3S. The van der Waals surface area contributed by atoms with E-state index >= 15 is 0 Å². The molecule has 2 aliphatic heterocycles. The fraction of sp³-hybridized carbons (Fsp3) is 0.458. The van der Waals surface area contributed by atoms with Gasteiger partial charge in [0.25, 0.3) is 5.91 Å². The Morgan fingerprint density at radius 3 is 2.78 bits per heavy atom. The molecular weight excluding hydrogens is 424 g/mol. The van der Waals surface area contributed by atoms with Crippen LogP contribution in [0.4, 0.5) is 10.7 Å². The van der Waals surface area contributed by atoms with Crippen LogP contribution in [0.25, 0.3) is 0 Å². The number of rotatable bonds is 4. The van der Waals surface area contributed by atoms with Gasteiger partial charge in [-0.1, -0.05) is 12.1 Å². The summed E-state index contributed by atoms with van der Waals surface area (Å²) in [5.41, 5.74) is 2.51. The van der Waals surface area contributed by atoms with Crippen LogP contribution in [-0.2, 0) is 22.4 Å². The highest BCUT2D eigenvalue weighted by Crippen LogP contribution is 2.39. The Labute approximate surface area is 191 Å². The summed E-state index contributed by atoms with van der Waals surface area (Å²) in [7, 11) is 0. The van der Waals surface area contributed by atoms with Crippen LogP contribution < -0.4 is 15.0 Å². The number of thiophene rings is 1. The van der Waals surface area contributed by atoms with Gasteiger partial charge in [-0.3, -0.25) is 9.59 Å². The molecule has 0 saturated carbocycles. The summed E-state index contributed by atoms with van der Waals surface area (Å²) < 4.78 is 6.05. The first kappa shape index (κ1) is 20.8. The molecule has 1 aromatic carbocycles. The maximum atomic E-state index is 13.1. The molecule has 0 unspecified atom stereocenters. The number of nitrogens with one attached hydrogen (secondary N) is 1. The van der Waals surface area contributed by atoms with Crippen molar-refractivity contribution in [2.24, 2.45) is 0 Å². The van der Waals surface area contributed by atoms with Gasteiger partial charge < -0.3 is 19.9 Å². The molecule has 8 heteroatoms. The molecule has 3 aliphatic rings. The zero-order chi connectivity index (χ0) is 22.1. The largest absolute Gasteiger partial charge is 0.477 e. The van der Waals surface area contributed by atoms with Gasteiger partial charge in [0.1, 0.15) is 16.8 Å². The van der Waals surface area contributed by atoms with Gasteiger partial charge in [0.2, 0.25) is 5.91 Å². The molecule has 0 radical (unpaired) electrons. The van der Waals surface area contributed by atoms with Gasteiger partial charge in [0.15, 0.2) is 6.10 Å². The Bertz CT molecular complexity index is 1080. The third-order valence-corrected chi connectivity index (χ3v) is 7.63. The predicted octanol–water partition coefficient (Wildman–Crippen LogP) is 3.33. The second kappa shape index (κ2) is 8.83. The average Bonchev–Trinajstić information content (AvgIpc) is 3.39. The molecule has 1 aliphatic carbocycles. The number of amides is 2. The Morgan fingerprint density at radius 1 is 1.16 bits per heavy atom. The van der Waals surface area contributed by atoms with E-state index in [1.54, 1.807) is 0 Å². The third-order valence-electron chi connectivity index (χ3n) is 6.43. The number of carbonyl (C=O) groups is 2. The van der Waals surface area contributed by atoms with E-state index in [9.17, 15) is 14.9 Å². The molecule has 2 aromatic rings. The molecule has 32 heavy (non-hydrogen) atoms. The quantitative estimate of drug-likeness (QED) is 0.772. The maximum absolute atomic E-state index is 13.1. The molecule has 1 fully saturated rings. The van der Waals surface area contributed by atoms with E-state index in [-0.39, 0.29) is 18.4 Å². The highest BCUT2D eigenvalue weighted by atomic mass is 32.1. The van der Waals surface area contributed by atoms with Crippen LogP contribution in [0.2, 0.25) is 0 Å². The van der Waals surface area contributed by atoms with E-state index in [0.717, 1.165) is 62.9 Å². The lowest BCUT2D eigenvalue weighted by Crippen LogP contribution is -2.52. The van der Waals surface area contributed by atoms with Crippen LogP contribution in [0, 0.1) is 11.3 Å². The summed E-state index contributed by atoms with van der Waals surface area (Å²) in [5, 5.41) is 13.2. The topological polar surface area (TPSA) is 85.7 Å². The molecule has 1 saturated heterocycles. The van der Waals surface area contributed by atoms with Crippen molar-refractivity contribution < 1.29 is 14.3 Å². The number of hydrogen-bond acceptors (Lipinski definition) is 6. The molecule has 7 nitrogen and oxygen atoms in total. The monoisotopic (exact) mass is 450 g/mol. The normalized spacial score (nSPS) is 19.5. The Balaban J connectivity index is 1.32. The zero-order valence-corrected chi connectivity index (χ0v) is 18.7. The van der Waals surface area contributed by atoms with E-state index in [4.69, 9.17) is 4.74 Å². The molecule has 0 spiro atoms. The summed E-state index contributed by atoms with van der Waals surface area (Å²) in [6, 6.07) is 9.79. The summed E-state index contributed by atoms with van der Waals surface area (Å²) in [5.74, 6) is 0.420. The first-order chi connectivity index (χ1) is 15.6.